The minimum atomic E-state index is -0.122. The number of aryl methyl sites for hydroxylation is 1. The molecular weight excluding hydrogens is 312 g/mol. The van der Waals surface area contributed by atoms with Crippen molar-refractivity contribution in [2.45, 2.75) is 13.3 Å². The van der Waals surface area contributed by atoms with Crippen LogP contribution in [0.15, 0.2) is 65.2 Å². The maximum absolute atomic E-state index is 12.7. The average molecular weight is 330 g/mol. The number of amides is 1. The van der Waals surface area contributed by atoms with Gasteiger partial charge in [0.1, 0.15) is 11.2 Å². The van der Waals surface area contributed by atoms with Crippen molar-refractivity contribution in [2.75, 3.05) is 6.54 Å². The molecule has 4 rings (SSSR count). The number of fused-ring (bicyclic) bond motifs is 3. The lowest BCUT2D eigenvalue weighted by Crippen LogP contribution is -2.26. The molecule has 124 valence electrons. The molecule has 0 aliphatic heterocycles. The molecule has 0 aliphatic rings. The third kappa shape index (κ3) is 2.98. The Morgan fingerprint density at radius 1 is 1.08 bits per heavy atom. The molecule has 0 saturated carbocycles. The SMILES string of the molecule is Cc1cc(C(=O)NCCc2ccccn2)c2oc3ccccc3c2c1. The molecule has 2 heterocycles. The molecular formula is C21H18N2O2. The number of hydrogen-bond acceptors (Lipinski definition) is 3. The van der Waals surface area contributed by atoms with E-state index in [1.165, 1.54) is 0 Å². The molecule has 0 unspecified atom stereocenters. The molecule has 1 N–H and O–H groups in total. The highest BCUT2D eigenvalue weighted by atomic mass is 16.3. The van der Waals surface area contributed by atoms with Gasteiger partial charge in [-0.1, -0.05) is 24.3 Å². The van der Waals surface area contributed by atoms with Crippen LogP contribution in [0.5, 0.6) is 0 Å². The number of hydrogen-bond donors (Lipinski definition) is 1. The van der Waals surface area contributed by atoms with Crippen LogP contribution in [0.3, 0.4) is 0 Å². The van der Waals surface area contributed by atoms with Crippen molar-refractivity contribution < 1.29 is 9.21 Å². The summed E-state index contributed by atoms with van der Waals surface area (Å²) in [5.74, 6) is -0.122. The second kappa shape index (κ2) is 6.40. The van der Waals surface area contributed by atoms with Gasteiger partial charge >= 0.3 is 0 Å². The summed E-state index contributed by atoms with van der Waals surface area (Å²) in [6, 6.07) is 17.6. The standard InChI is InChI=1S/C21H18N2O2/c1-14-12-17-16-7-2-3-8-19(16)25-20(17)18(13-14)21(24)23-11-9-15-6-4-5-10-22-15/h2-8,10,12-13H,9,11H2,1H3,(H,23,24). The Balaban J connectivity index is 1.62. The summed E-state index contributed by atoms with van der Waals surface area (Å²) in [4.78, 5) is 17.0. The van der Waals surface area contributed by atoms with E-state index in [0.29, 0.717) is 24.1 Å². The Bertz CT molecular complexity index is 1050. The molecule has 0 radical (unpaired) electrons. The first-order chi connectivity index (χ1) is 12.2. The van der Waals surface area contributed by atoms with Crippen LogP contribution in [0.2, 0.25) is 0 Å². The summed E-state index contributed by atoms with van der Waals surface area (Å²) in [6.07, 6.45) is 2.46. The smallest absolute Gasteiger partial charge is 0.255 e. The van der Waals surface area contributed by atoms with Gasteiger partial charge in [-0.2, -0.15) is 0 Å². The summed E-state index contributed by atoms with van der Waals surface area (Å²) in [5, 5.41) is 4.98. The van der Waals surface area contributed by atoms with Gasteiger partial charge in [-0.15, -0.1) is 0 Å². The first-order valence-corrected chi connectivity index (χ1v) is 8.32. The molecule has 0 aliphatic carbocycles. The number of rotatable bonds is 4. The zero-order chi connectivity index (χ0) is 17.2. The van der Waals surface area contributed by atoms with Crippen molar-refractivity contribution in [3.63, 3.8) is 0 Å². The van der Waals surface area contributed by atoms with Crippen molar-refractivity contribution in [1.29, 1.82) is 0 Å². The van der Waals surface area contributed by atoms with Crippen LogP contribution < -0.4 is 5.32 Å². The fourth-order valence-corrected chi connectivity index (χ4v) is 3.09. The number of pyridine rings is 1. The van der Waals surface area contributed by atoms with Crippen LogP contribution in [-0.2, 0) is 6.42 Å². The van der Waals surface area contributed by atoms with Gasteiger partial charge in [-0.25, -0.2) is 0 Å². The van der Waals surface area contributed by atoms with E-state index in [4.69, 9.17) is 4.42 Å². The van der Waals surface area contributed by atoms with E-state index in [2.05, 4.69) is 16.4 Å². The molecule has 1 amide bonds. The molecule has 4 nitrogen and oxygen atoms in total. The third-order valence-electron chi connectivity index (χ3n) is 4.26. The van der Waals surface area contributed by atoms with E-state index in [1.54, 1.807) is 6.20 Å². The molecule has 2 aromatic heterocycles. The normalized spacial score (nSPS) is 11.1. The first kappa shape index (κ1) is 15.4. The predicted octanol–water partition coefficient (Wildman–Crippen LogP) is 4.26. The predicted molar refractivity (Wildman–Crippen MR) is 98.7 cm³/mol. The van der Waals surface area contributed by atoms with E-state index < -0.39 is 0 Å². The second-order valence-electron chi connectivity index (χ2n) is 6.11. The maximum Gasteiger partial charge on any atom is 0.255 e. The average Bonchev–Trinajstić information content (AvgIpc) is 3.00. The summed E-state index contributed by atoms with van der Waals surface area (Å²) >= 11 is 0. The molecule has 0 spiro atoms. The van der Waals surface area contributed by atoms with Crippen LogP contribution in [0.25, 0.3) is 21.9 Å². The van der Waals surface area contributed by atoms with Crippen LogP contribution in [0.1, 0.15) is 21.6 Å². The second-order valence-corrected chi connectivity index (χ2v) is 6.11. The van der Waals surface area contributed by atoms with E-state index in [-0.39, 0.29) is 5.91 Å². The summed E-state index contributed by atoms with van der Waals surface area (Å²) in [5.41, 5.74) is 4.01. The van der Waals surface area contributed by atoms with Crippen LogP contribution in [0, 0.1) is 6.92 Å². The lowest BCUT2D eigenvalue weighted by atomic mass is 10.0. The zero-order valence-electron chi connectivity index (χ0n) is 14.0. The third-order valence-corrected chi connectivity index (χ3v) is 4.26. The van der Waals surface area contributed by atoms with Gasteiger partial charge in [0, 0.05) is 35.6 Å². The number of aromatic nitrogens is 1. The van der Waals surface area contributed by atoms with Crippen molar-refractivity contribution in [1.82, 2.24) is 10.3 Å². The van der Waals surface area contributed by atoms with Crippen LogP contribution in [0.4, 0.5) is 0 Å². The number of nitrogens with one attached hydrogen (secondary N) is 1. The van der Waals surface area contributed by atoms with Gasteiger partial charge in [-0.3, -0.25) is 9.78 Å². The van der Waals surface area contributed by atoms with Crippen molar-refractivity contribution in [2.24, 2.45) is 0 Å². The van der Waals surface area contributed by atoms with Crippen molar-refractivity contribution >= 4 is 27.8 Å². The lowest BCUT2D eigenvalue weighted by Gasteiger charge is -2.06. The number of para-hydroxylation sites is 1. The summed E-state index contributed by atoms with van der Waals surface area (Å²) < 4.78 is 5.95. The van der Waals surface area contributed by atoms with Gasteiger partial charge in [0.05, 0.1) is 5.56 Å². The van der Waals surface area contributed by atoms with Gasteiger partial charge in [0.2, 0.25) is 0 Å². The molecule has 25 heavy (non-hydrogen) atoms. The Morgan fingerprint density at radius 2 is 1.92 bits per heavy atom. The summed E-state index contributed by atoms with van der Waals surface area (Å²) in [6.45, 7) is 2.53. The van der Waals surface area contributed by atoms with Gasteiger partial charge in [0.15, 0.2) is 0 Å². The minimum absolute atomic E-state index is 0.122. The Labute approximate surface area is 145 Å². The molecule has 4 aromatic rings. The maximum atomic E-state index is 12.7. The topological polar surface area (TPSA) is 55.1 Å². The number of benzene rings is 2. The number of nitrogens with zero attached hydrogens (tertiary/aromatic N) is 1. The minimum Gasteiger partial charge on any atom is -0.455 e. The van der Waals surface area contributed by atoms with Crippen molar-refractivity contribution in [3.8, 4) is 0 Å². The highest BCUT2D eigenvalue weighted by Crippen LogP contribution is 2.31. The Morgan fingerprint density at radius 3 is 2.76 bits per heavy atom. The highest BCUT2D eigenvalue weighted by Gasteiger charge is 2.16. The molecule has 0 saturated heterocycles. The van der Waals surface area contributed by atoms with Crippen LogP contribution >= 0.6 is 0 Å². The van der Waals surface area contributed by atoms with E-state index in [9.17, 15) is 4.79 Å². The molecule has 2 aromatic carbocycles. The number of carbonyl (C=O) groups is 1. The molecule has 0 fully saturated rings. The lowest BCUT2D eigenvalue weighted by molar-refractivity contribution is 0.0955. The number of carbonyl (C=O) groups excluding carboxylic acids is 1. The fourth-order valence-electron chi connectivity index (χ4n) is 3.09. The Hall–Kier alpha value is -3.14. The van der Waals surface area contributed by atoms with E-state index >= 15 is 0 Å². The monoisotopic (exact) mass is 330 g/mol. The van der Waals surface area contributed by atoms with E-state index in [1.807, 2.05) is 55.5 Å². The van der Waals surface area contributed by atoms with Gasteiger partial charge in [-0.05, 0) is 42.8 Å². The molecule has 0 bridgehead atoms. The quantitative estimate of drug-likeness (QED) is 0.608. The summed E-state index contributed by atoms with van der Waals surface area (Å²) in [7, 11) is 0. The largest absolute Gasteiger partial charge is 0.455 e. The first-order valence-electron chi connectivity index (χ1n) is 8.32. The van der Waals surface area contributed by atoms with Crippen molar-refractivity contribution in [3.05, 3.63) is 77.6 Å². The number of furan rings is 1. The fraction of sp³-hybridized carbons (Fsp3) is 0.143. The molecule has 0 atom stereocenters. The Kier molecular flexibility index (Phi) is 3.94. The highest BCUT2D eigenvalue weighted by molar-refractivity contribution is 6.13. The van der Waals surface area contributed by atoms with Gasteiger partial charge in [0.25, 0.3) is 5.91 Å². The van der Waals surface area contributed by atoms with E-state index in [0.717, 1.165) is 27.6 Å². The molecule has 4 heteroatoms. The van der Waals surface area contributed by atoms with Crippen LogP contribution in [-0.4, -0.2) is 17.4 Å². The zero-order valence-corrected chi connectivity index (χ0v) is 14.0. The van der Waals surface area contributed by atoms with Gasteiger partial charge < -0.3 is 9.73 Å².